The molecule has 0 aliphatic heterocycles. The number of ether oxygens (including phenoxy) is 1. The molecular weight excluding hydrogens is 356 g/mol. The maximum absolute atomic E-state index is 12.0. The van der Waals surface area contributed by atoms with Crippen LogP contribution in [-0.2, 0) is 16.1 Å². The number of carbonyl (C=O) groups is 2. The lowest BCUT2D eigenvalue weighted by atomic mass is 10.2. The van der Waals surface area contributed by atoms with Crippen molar-refractivity contribution in [3.63, 3.8) is 0 Å². The Balaban J connectivity index is 1.47. The predicted octanol–water partition coefficient (Wildman–Crippen LogP) is 2.39. The van der Waals surface area contributed by atoms with Crippen molar-refractivity contribution >= 4 is 23.5 Å². The normalized spacial score (nSPS) is 10.3. The van der Waals surface area contributed by atoms with Crippen molar-refractivity contribution in [3.8, 4) is 5.69 Å². The number of rotatable bonds is 6. The fourth-order valence-electron chi connectivity index (χ4n) is 2.16. The molecule has 0 spiro atoms. The Labute approximate surface area is 154 Å². The molecule has 0 atom stereocenters. The number of carbonyl (C=O) groups excluding carboxylic acids is 2. The molecule has 1 N–H and O–H groups in total. The summed E-state index contributed by atoms with van der Waals surface area (Å²) in [5.74, 6) is -0.954. The number of nitrogens with one attached hydrogen (secondary N) is 1. The van der Waals surface area contributed by atoms with E-state index in [1.54, 1.807) is 47.4 Å². The van der Waals surface area contributed by atoms with Crippen LogP contribution in [0.1, 0.15) is 15.9 Å². The van der Waals surface area contributed by atoms with E-state index in [9.17, 15) is 9.59 Å². The SMILES string of the molecule is O=C(COC(=O)c1ccc(-n2cncn2)cc1)NCc1ccc(Cl)cc1. The average molecular weight is 371 g/mol. The van der Waals surface area contributed by atoms with Gasteiger partial charge in [0.15, 0.2) is 6.61 Å². The van der Waals surface area contributed by atoms with Gasteiger partial charge in [-0.05, 0) is 42.0 Å². The molecule has 0 bridgehead atoms. The van der Waals surface area contributed by atoms with E-state index in [0.29, 0.717) is 17.1 Å². The Morgan fingerprint density at radius 3 is 2.46 bits per heavy atom. The second-order valence-electron chi connectivity index (χ2n) is 5.37. The summed E-state index contributed by atoms with van der Waals surface area (Å²) in [6, 6.07) is 13.7. The molecule has 0 saturated heterocycles. The largest absolute Gasteiger partial charge is 0.452 e. The van der Waals surface area contributed by atoms with E-state index < -0.39 is 5.97 Å². The summed E-state index contributed by atoms with van der Waals surface area (Å²) in [5.41, 5.74) is 2.01. The molecule has 8 heteroatoms. The summed E-state index contributed by atoms with van der Waals surface area (Å²) in [4.78, 5) is 27.7. The van der Waals surface area contributed by atoms with Crippen molar-refractivity contribution in [2.45, 2.75) is 6.54 Å². The molecule has 26 heavy (non-hydrogen) atoms. The molecule has 2 aromatic carbocycles. The highest BCUT2D eigenvalue weighted by Gasteiger charge is 2.10. The van der Waals surface area contributed by atoms with Gasteiger partial charge < -0.3 is 10.1 Å². The van der Waals surface area contributed by atoms with Gasteiger partial charge in [0.25, 0.3) is 5.91 Å². The Morgan fingerprint density at radius 2 is 1.81 bits per heavy atom. The van der Waals surface area contributed by atoms with Crippen LogP contribution < -0.4 is 5.32 Å². The number of halogens is 1. The number of hydrogen-bond acceptors (Lipinski definition) is 5. The molecule has 0 radical (unpaired) electrons. The van der Waals surface area contributed by atoms with E-state index in [-0.39, 0.29) is 12.5 Å². The lowest BCUT2D eigenvalue weighted by Crippen LogP contribution is -2.28. The zero-order valence-electron chi connectivity index (χ0n) is 13.6. The van der Waals surface area contributed by atoms with Gasteiger partial charge in [0.05, 0.1) is 11.3 Å². The standard InChI is InChI=1S/C18H15ClN4O3/c19-15-5-1-13(2-6-15)9-21-17(24)10-26-18(25)14-3-7-16(8-4-14)23-12-20-11-22-23/h1-8,11-12H,9-10H2,(H,21,24). The first kappa shape index (κ1) is 17.6. The van der Waals surface area contributed by atoms with Crippen molar-refractivity contribution in [1.82, 2.24) is 20.1 Å². The van der Waals surface area contributed by atoms with E-state index in [1.807, 2.05) is 12.1 Å². The summed E-state index contributed by atoms with van der Waals surface area (Å²) in [6.45, 7) is -0.0165. The van der Waals surface area contributed by atoms with E-state index in [1.165, 1.54) is 6.33 Å². The third-order valence-electron chi connectivity index (χ3n) is 3.52. The van der Waals surface area contributed by atoms with Crippen molar-refractivity contribution in [2.75, 3.05) is 6.61 Å². The van der Waals surface area contributed by atoms with E-state index in [2.05, 4.69) is 15.4 Å². The predicted molar refractivity (Wildman–Crippen MR) is 94.9 cm³/mol. The van der Waals surface area contributed by atoms with Gasteiger partial charge in [0, 0.05) is 11.6 Å². The van der Waals surface area contributed by atoms with Crippen LogP contribution in [0.2, 0.25) is 5.02 Å². The molecule has 132 valence electrons. The summed E-state index contributed by atoms with van der Waals surface area (Å²) >= 11 is 5.80. The van der Waals surface area contributed by atoms with Crippen LogP contribution in [0.4, 0.5) is 0 Å². The number of aromatic nitrogens is 3. The third-order valence-corrected chi connectivity index (χ3v) is 3.78. The minimum Gasteiger partial charge on any atom is -0.452 e. The number of nitrogens with zero attached hydrogens (tertiary/aromatic N) is 3. The highest BCUT2D eigenvalue weighted by Crippen LogP contribution is 2.10. The van der Waals surface area contributed by atoms with Crippen LogP contribution in [0.25, 0.3) is 5.69 Å². The number of benzene rings is 2. The molecule has 0 aliphatic carbocycles. The summed E-state index contributed by atoms with van der Waals surface area (Å²) in [5, 5.41) is 7.30. The highest BCUT2D eigenvalue weighted by molar-refractivity contribution is 6.30. The number of amides is 1. The molecule has 7 nitrogen and oxygen atoms in total. The first-order valence-corrected chi connectivity index (χ1v) is 8.13. The zero-order chi connectivity index (χ0) is 18.4. The third kappa shape index (κ3) is 4.67. The molecule has 0 saturated carbocycles. The van der Waals surface area contributed by atoms with E-state index in [0.717, 1.165) is 11.3 Å². The fourth-order valence-corrected chi connectivity index (χ4v) is 2.29. The van der Waals surface area contributed by atoms with Crippen molar-refractivity contribution < 1.29 is 14.3 Å². The maximum Gasteiger partial charge on any atom is 0.338 e. The Bertz CT molecular complexity index is 878. The fraction of sp³-hybridized carbons (Fsp3) is 0.111. The Morgan fingerprint density at radius 1 is 1.08 bits per heavy atom. The molecular formula is C18H15ClN4O3. The monoisotopic (exact) mass is 370 g/mol. The van der Waals surface area contributed by atoms with Gasteiger partial charge in [0.1, 0.15) is 12.7 Å². The maximum atomic E-state index is 12.0. The van der Waals surface area contributed by atoms with Crippen molar-refractivity contribution in [3.05, 3.63) is 77.3 Å². The van der Waals surface area contributed by atoms with Crippen molar-refractivity contribution in [2.24, 2.45) is 0 Å². The van der Waals surface area contributed by atoms with Crippen LogP contribution in [0, 0.1) is 0 Å². The molecule has 3 aromatic rings. The summed E-state index contributed by atoms with van der Waals surface area (Å²) in [7, 11) is 0. The molecule has 0 aliphatic rings. The van der Waals surface area contributed by atoms with Gasteiger partial charge in [-0.15, -0.1) is 0 Å². The summed E-state index contributed by atoms with van der Waals surface area (Å²) < 4.78 is 6.59. The van der Waals surface area contributed by atoms with Crippen LogP contribution in [-0.4, -0.2) is 33.2 Å². The lowest BCUT2D eigenvalue weighted by molar-refractivity contribution is -0.124. The van der Waals surface area contributed by atoms with Crippen LogP contribution in [0.3, 0.4) is 0 Å². The number of esters is 1. The summed E-state index contributed by atoms with van der Waals surface area (Å²) in [6.07, 6.45) is 2.98. The van der Waals surface area contributed by atoms with E-state index in [4.69, 9.17) is 16.3 Å². The Hall–Kier alpha value is -3.19. The molecule has 0 unspecified atom stereocenters. The molecule has 1 aromatic heterocycles. The smallest absolute Gasteiger partial charge is 0.338 e. The Kier molecular flexibility index (Phi) is 5.60. The average Bonchev–Trinajstić information content (AvgIpc) is 3.20. The highest BCUT2D eigenvalue weighted by atomic mass is 35.5. The quantitative estimate of drug-likeness (QED) is 0.673. The first-order chi connectivity index (χ1) is 12.6. The van der Waals surface area contributed by atoms with Gasteiger partial charge in [-0.2, -0.15) is 5.10 Å². The lowest BCUT2D eigenvalue weighted by Gasteiger charge is -2.07. The van der Waals surface area contributed by atoms with Gasteiger partial charge in [-0.25, -0.2) is 14.5 Å². The zero-order valence-corrected chi connectivity index (χ0v) is 14.4. The topological polar surface area (TPSA) is 86.1 Å². The molecule has 1 amide bonds. The minimum atomic E-state index is -0.572. The van der Waals surface area contributed by atoms with Crippen molar-refractivity contribution in [1.29, 1.82) is 0 Å². The van der Waals surface area contributed by atoms with Crippen LogP contribution >= 0.6 is 11.6 Å². The molecule has 1 heterocycles. The van der Waals surface area contributed by atoms with E-state index >= 15 is 0 Å². The second kappa shape index (κ2) is 8.26. The molecule has 0 fully saturated rings. The minimum absolute atomic E-state index is 0.333. The van der Waals surface area contributed by atoms with Gasteiger partial charge >= 0.3 is 5.97 Å². The van der Waals surface area contributed by atoms with Gasteiger partial charge in [0.2, 0.25) is 0 Å². The van der Waals surface area contributed by atoms with Crippen LogP contribution in [0.5, 0.6) is 0 Å². The van der Waals surface area contributed by atoms with Gasteiger partial charge in [-0.1, -0.05) is 23.7 Å². The van der Waals surface area contributed by atoms with Crippen LogP contribution in [0.15, 0.2) is 61.2 Å². The number of hydrogen-bond donors (Lipinski definition) is 1. The van der Waals surface area contributed by atoms with Gasteiger partial charge in [-0.3, -0.25) is 4.79 Å². The molecule has 3 rings (SSSR count). The first-order valence-electron chi connectivity index (χ1n) is 7.75. The second-order valence-corrected chi connectivity index (χ2v) is 5.80.